The molecule has 0 fully saturated rings. The molecule has 0 unspecified atom stereocenters. The van der Waals surface area contributed by atoms with Crippen LogP contribution in [0.4, 0.5) is 0 Å². The number of allylic oxidation sites excluding steroid dienone is 1. The van der Waals surface area contributed by atoms with Crippen molar-refractivity contribution in [1.29, 1.82) is 0 Å². The monoisotopic (exact) mass is 146 g/mol. The van der Waals surface area contributed by atoms with Crippen molar-refractivity contribution < 1.29 is 15.3 Å². The molecule has 3 heteroatoms. The van der Waals surface area contributed by atoms with Gasteiger partial charge in [0.15, 0.2) is 0 Å². The lowest BCUT2D eigenvalue weighted by atomic mass is 10.1. The summed E-state index contributed by atoms with van der Waals surface area (Å²) in [6.07, 6.45) is 0.436. The average Bonchev–Trinajstić information content (AvgIpc) is 1.60. The molecule has 3 nitrogen and oxygen atoms in total. The zero-order chi connectivity index (χ0) is 8.36. The first kappa shape index (κ1) is 9.62. The Morgan fingerprint density at radius 2 is 1.60 bits per heavy atom. The van der Waals surface area contributed by atoms with E-state index in [1.54, 1.807) is 20.8 Å². The van der Waals surface area contributed by atoms with E-state index >= 15 is 0 Å². The van der Waals surface area contributed by atoms with Gasteiger partial charge in [-0.3, -0.25) is 0 Å². The number of rotatable bonds is 2. The van der Waals surface area contributed by atoms with Crippen LogP contribution in [0.2, 0.25) is 0 Å². The molecule has 3 N–H and O–H groups in total. The van der Waals surface area contributed by atoms with Crippen molar-refractivity contribution in [3.05, 3.63) is 11.1 Å². The van der Waals surface area contributed by atoms with Crippen molar-refractivity contribution >= 4 is 0 Å². The number of hydrogen-bond donors (Lipinski definition) is 3. The van der Waals surface area contributed by atoms with Gasteiger partial charge in [0.1, 0.15) is 0 Å². The van der Waals surface area contributed by atoms with Gasteiger partial charge in [-0.25, -0.2) is 0 Å². The van der Waals surface area contributed by atoms with Crippen LogP contribution in [0.25, 0.3) is 0 Å². The van der Waals surface area contributed by atoms with E-state index in [4.69, 9.17) is 15.3 Å². The van der Waals surface area contributed by atoms with Crippen LogP contribution < -0.4 is 0 Å². The highest BCUT2D eigenvalue weighted by atomic mass is 16.7. The third kappa shape index (κ3) is 2.47. The maximum Gasteiger partial charge on any atom is 0.300 e. The molecular weight excluding hydrogens is 132 g/mol. The van der Waals surface area contributed by atoms with Gasteiger partial charge in [0.25, 0.3) is 5.97 Å². The Morgan fingerprint density at radius 3 is 1.60 bits per heavy atom. The predicted molar refractivity (Wildman–Crippen MR) is 38.1 cm³/mol. The summed E-state index contributed by atoms with van der Waals surface area (Å²) < 4.78 is 0. The minimum absolute atomic E-state index is 0.257. The highest BCUT2D eigenvalue weighted by molar-refractivity contribution is 5.13. The first-order valence-electron chi connectivity index (χ1n) is 3.23. The Hall–Kier alpha value is -0.380. The van der Waals surface area contributed by atoms with Crippen molar-refractivity contribution in [2.24, 2.45) is 0 Å². The molecule has 0 aliphatic heterocycles. The molecule has 0 aliphatic rings. The molecule has 0 bridgehead atoms. The summed E-state index contributed by atoms with van der Waals surface area (Å²) in [6, 6.07) is 0. The van der Waals surface area contributed by atoms with Crippen LogP contribution in [0.3, 0.4) is 0 Å². The third-order valence-corrected chi connectivity index (χ3v) is 1.36. The summed E-state index contributed by atoms with van der Waals surface area (Å²) in [6.45, 7) is 5.19. The lowest BCUT2D eigenvalue weighted by molar-refractivity contribution is -0.283. The largest absolute Gasteiger partial charge is 0.340 e. The van der Waals surface area contributed by atoms with Crippen molar-refractivity contribution in [3.8, 4) is 0 Å². The van der Waals surface area contributed by atoms with E-state index in [1.165, 1.54) is 0 Å². The number of hydrogen-bond acceptors (Lipinski definition) is 3. The smallest absolute Gasteiger partial charge is 0.300 e. The van der Waals surface area contributed by atoms with Gasteiger partial charge in [-0.05, 0) is 20.3 Å². The van der Waals surface area contributed by atoms with E-state index in [1.807, 2.05) is 0 Å². The fraction of sp³-hybridized carbons (Fsp3) is 0.714. The highest BCUT2D eigenvalue weighted by Crippen LogP contribution is 2.17. The van der Waals surface area contributed by atoms with Gasteiger partial charge >= 0.3 is 0 Å². The highest BCUT2D eigenvalue weighted by Gasteiger charge is 2.23. The molecule has 0 aromatic heterocycles. The van der Waals surface area contributed by atoms with Crippen LogP contribution in [-0.4, -0.2) is 21.3 Å². The van der Waals surface area contributed by atoms with Gasteiger partial charge < -0.3 is 15.3 Å². The first-order valence-corrected chi connectivity index (χ1v) is 3.23. The molecule has 0 aromatic carbocycles. The normalized spacial score (nSPS) is 11.4. The topological polar surface area (TPSA) is 60.7 Å². The molecular formula is C7H14O3. The van der Waals surface area contributed by atoms with E-state index in [2.05, 4.69) is 0 Å². The molecule has 0 radical (unpaired) electrons. The molecule has 0 saturated carbocycles. The van der Waals surface area contributed by atoms with E-state index in [0.717, 1.165) is 5.57 Å². The molecule has 0 rings (SSSR count). The molecule has 0 amide bonds. The van der Waals surface area contributed by atoms with Crippen LogP contribution in [0.15, 0.2) is 11.1 Å². The second-order valence-corrected chi connectivity index (χ2v) is 2.47. The SMILES string of the molecule is CCC(=C(C)C)C(O)(O)O. The van der Waals surface area contributed by atoms with Gasteiger partial charge in [-0.15, -0.1) is 0 Å². The average molecular weight is 146 g/mol. The van der Waals surface area contributed by atoms with Gasteiger partial charge in [0.05, 0.1) is 0 Å². The summed E-state index contributed by atoms with van der Waals surface area (Å²) in [7, 11) is 0. The zero-order valence-electron chi connectivity index (χ0n) is 6.55. The molecule has 0 spiro atoms. The van der Waals surface area contributed by atoms with Crippen LogP contribution in [0.5, 0.6) is 0 Å². The number of aliphatic hydroxyl groups is 3. The standard InChI is InChI=1S/C7H14O3/c1-4-6(5(2)3)7(8,9)10/h8-10H,4H2,1-3H3. The van der Waals surface area contributed by atoms with E-state index in [9.17, 15) is 0 Å². The van der Waals surface area contributed by atoms with Gasteiger partial charge in [0.2, 0.25) is 0 Å². The second kappa shape index (κ2) is 3.14. The van der Waals surface area contributed by atoms with Crippen LogP contribution in [-0.2, 0) is 0 Å². The minimum Gasteiger partial charge on any atom is -0.340 e. The Morgan fingerprint density at radius 1 is 1.20 bits per heavy atom. The van der Waals surface area contributed by atoms with Gasteiger partial charge in [0, 0.05) is 5.57 Å². The Bertz CT molecular complexity index is 137. The molecule has 0 atom stereocenters. The fourth-order valence-corrected chi connectivity index (χ4v) is 0.926. The van der Waals surface area contributed by atoms with E-state index in [-0.39, 0.29) is 5.57 Å². The van der Waals surface area contributed by atoms with E-state index < -0.39 is 5.97 Å². The van der Waals surface area contributed by atoms with Crippen LogP contribution in [0, 0.1) is 0 Å². The fourth-order valence-electron chi connectivity index (χ4n) is 0.926. The molecule has 0 saturated heterocycles. The molecule has 60 valence electrons. The quantitative estimate of drug-likeness (QED) is 0.389. The maximum absolute atomic E-state index is 8.70. The molecule has 10 heavy (non-hydrogen) atoms. The Kier molecular flexibility index (Phi) is 3.02. The molecule has 0 heterocycles. The summed E-state index contributed by atoms with van der Waals surface area (Å²) in [5.41, 5.74) is 0.988. The van der Waals surface area contributed by atoms with E-state index in [0.29, 0.717) is 6.42 Å². The van der Waals surface area contributed by atoms with Gasteiger partial charge in [-0.2, -0.15) is 0 Å². The summed E-state index contributed by atoms with van der Waals surface area (Å²) >= 11 is 0. The van der Waals surface area contributed by atoms with Crippen molar-refractivity contribution in [2.45, 2.75) is 33.2 Å². The third-order valence-electron chi connectivity index (χ3n) is 1.36. The van der Waals surface area contributed by atoms with Crippen molar-refractivity contribution in [1.82, 2.24) is 0 Å². The van der Waals surface area contributed by atoms with Crippen LogP contribution >= 0.6 is 0 Å². The van der Waals surface area contributed by atoms with Crippen LogP contribution in [0.1, 0.15) is 27.2 Å². The van der Waals surface area contributed by atoms with Crippen molar-refractivity contribution in [2.75, 3.05) is 0 Å². The summed E-state index contributed by atoms with van der Waals surface area (Å²) in [5.74, 6) is -2.63. The lowest BCUT2D eigenvalue weighted by Crippen LogP contribution is -2.30. The predicted octanol–water partition coefficient (Wildman–Crippen LogP) is 0.363. The first-order chi connectivity index (χ1) is 4.39. The Balaban J connectivity index is 4.55. The second-order valence-electron chi connectivity index (χ2n) is 2.47. The minimum atomic E-state index is -2.63. The maximum atomic E-state index is 8.70. The Labute approximate surface area is 60.6 Å². The van der Waals surface area contributed by atoms with Gasteiger partial charge in [-0.1, -0.05) is 12.5 Å². The lowest BCUT2D eigenvalue weighted by Gasteiger charge is -2.18. The molecule has 0 aliphatic carbocycles. The van der Waals surface area contributed by atoms with Crippen molar-refractivity contribution in [3.63, 3.8) is 0 Å². The summed E-state index contributed by atoms with van der Waals surface area (Å²) in [5, 5.41) is 26.1. The zero-order valence-corrected chi connectivity index (χ0v) is 6.55. The summed E-state index contributed by atoms with van der Waals surface area (Å²) in [4.78, 5) is 0. The molecule has 0 aromatic rings.